The van der Waals surface area contributed by atoms with Gasteiger partial charge in [-0.2, -0.15) is 0 Å². The topological polar surface area (TPSA) is 55.6 Å². The van der Waals surface area contributed by atoms with E-state index in [-0.39, 0.29) is 12.3 Å². The van der Waals surface area contributed by atoms with Crippen molar-refractivity contribution in [3.63, 3.8) is 0 Å². The van der Waals surface area contributed by atoms with Gasteiger partial charge in [0.1, 0.15) is 11.4 Å². The van der Waals surface area contributed by atoms with Gasteiger partial charge < -0.3 is 14.5 Å². The van der Waals surface area contributed by atoms with E-state index in [2.05, 4.69) is 10.3 Å². The first kappa shape index (κ1) is 14.1. The summed E-state index contributed by atoms with van der Waals surface area (Å²) in [5.74, 6) is 0.520. The molecule has 0 aliphatic carbocycles. The Hall–Kier alpha value is -2.82. The van der Waals surface area contributed by atoms with Crippen LogP contribution in [0.1, 0.15) is 11.3 Å². The van der Waals surface area contributed by atoms with Crippen LogP contribution in [0.2, 0.25) is 0 Å². The molecule has 2 heterocycles. The molecule has 0 saturated carbocycles. The van der Waals surface area contributed by atoms with Crippen molar-refractivity contribution in [2.75, 3.05) is 12.4 Å². The lowest BCUT2D eigenvalue weighted by Crippen LogP contribution is -2.15. The minimum Gasteiger partial charge on any atom is -0.495 e. The van der Waals surface area contributed by atoms with Crippen molar-refractivity contribution in [2.45, 2.75) is 13.3 Å². The number of nitrogens with zero attached hydrogens (tertiary/aromatic N) is 2. The number of carbonyl (C=O) groups excluding carboxylic acids is 1. The molecule has 5 heteroatoms. The average molecular weight is 295 g/mol. The number of ether oxygens (including phenoxy) is 1. The lowest BCUT2D eigenvalue weighted by Gasteiger charge is -2.08. The first-order chi connectivity index (χ1) is 10.7. The maximum atomic E-state index is 12.2. The maximum absolute atomic E-state index is 12.2. The second-order valence-corrected chi connectivity index (χ2v) is 5.13. The van der Waals surface area contributed by atoms with Crippen LogP contribution < -0.4 is 10.1 Å². The Morgan fingerprint density at radius 3 is 2.95 bits per heavy atom. The summed E-state index contributed by atoms with van der Waals surface area (Å²) in [5, 5.41) is 2.85. The Bertz CT molecular complexity index is 824. The van der Waals surface area contributed by atoms with Crippen LogP contribution in [0.4, 0.5) is 5.69 Å². The van der Waals surface area contributed by atoms with Crippen molar-refractivity contribution < 1.29 is 9.53 Å². The summed E-state index contributed by atoms with van der Waals surface area (Å²) in [6.45, 7) is 2.02. The number of hydrogen-bond acceptors (Lipinski definition) is 3. The average Bonchev–Trinajstić information content (AvgIpc) is 2.88. The number of aromatic nitrogens is 2. The van der Waals surface area contributed by atoms with Crippen LogP contribution >= 0.6 is 0 Å². The van der Waals surface area contributed by atoms with Crippen molar-refractivity contribution in [2.24, 2.45) is 0 Å². The van der Waals surface area contributed by atoms with Crippen LogP contribution in [0.25, 0.3) is 5.65 Å². The maximum Gasteiger partial charge on any atom is 0.230 e. The van der Waals surface area contributed by atoms with Crippen molar-refractivity contribution in [1.29, 1.82) is 0 Å². The molecular formula is C17H17N3O2. The molecule has 0 aliphatic rings. The third kappa shape index (κ3) is 2.93. The van der Waals surface area contributed by atoms with Gasteiger partial charge in [-0.05, 0) is 36.8 Å². The van der Waals surface area contributed by atoms with Crippen molar-refractivity contribution in [1.82, 2.24) is 9.38 Å². The number of methoxy groups -OCH3 is 1. The first-order valence-corrected chi connectivity index (χ1v) is 7.03. The van der Waals surface area contributed by atoms with Crippen molar-refractivity contribution >= 4 is 17.2 Å². The minimum absolute atomic E-state index is 0.121. The number of hydrogen-bond donors (Lipinski definition) is 1. The molecule has 3 aromatic rings. The third-order valence-electron chi connectivity index (χ3n) is 3.39. The monoisotopic (exact) mass is 295 g/mol. The van der Waals surface area contributed by atoms with Gasteiger partial charge in [0, 0.05) is 12.4 Å². The van der Waals surface area contributed by atoms with Crippen LogP contribution in [-0.2, 0) is 11.2 Å². The number of aryl methyl sites for hydroxylation is 1. The van der Waals surface area contributed by atoms with Gasteiger partial charge in [-0.1, -0.05) is 12.1 Å². The van der Waals surface area contributed by atoms with Gasteiger partial charge in [-0.25, -0.2) is 4.98 Å². The van der Waals surface area contributed by atoms with E-state index in [0.717, 1.165) is 16.9 Å². The predicted octanol–water partition coefficient (Wildman–Crippen LogP) is 2.83. The number of carbonyl (C=O) groups is 1. The Kier molecular flexibility index (Phi) is 3.78. The van der Waals surface area contributed by atoms with Gasteiger partial charge in [0.15, 0.2) is 0 Å². The number of imidazole rings is 1. The molecule has 1 N–H and O–H groups in total. The van der Waals surface area contributed by atoms with E-state index in [0.29, 0.717) is 11.4 Å². The first-order valence-electron chi connectivity index (χ1n) is 7.03. The molecule has 0 saturated heterocycles. The fourth-order valence-electron chi connectivity index (χ4n) is 2.33. The number of rotatable bonds is 4. The van der Waals surface area contributed by atoms with Gasteiger partial charge in [0.25, 0.3) is 0 Å². The van der Waals surface area contributed by atoms with Crippen LogP contribution in [0, 0.1) is 6.92 Å². The summed E-state index contributed by atoms with van der Waals surface area (Å²) < 4.78 is 7.14. The molecule has 0 unspecified atom stereocenters. The summed E-state index contributed by atoms with van der Waals surface area (Å²) in [4.78, 5) is 16.6. The number of fused-ring (bicyclic) bond motifs is 1. The highest BCUT2D eigenvalue weighted by atomic mass is 16.5. The molecule has 3 rings (SSSR count). The Balaban J connectivity index is 1.75. The lowest BCUT2D eigenvalue weighted by molar-refractivity contribution is -0.115. The van der Waals surface area contributed by atoms with E-state index in [9.17, 15) is 4.79 Å². The number of anilines is 1. The second-order valence-electron chi connectivity index (χ2n) is 5.13. The van der Waals surface area contributed by atoms with E-state index in [1.807, 2.05) is 60.1 Å². The lowest BCUT2D eigenvalue weighted by atomic mass is 10.2. The minimum atomic E-state index is -0.121. The number of nitrogens with one attached hydrogen (secondary N) is 1. The highest BCUT2D eigenvalue weighted by Gasteiger charge is 2.10. The molecule has 0 atom stereocenters. The molecule has 0 fully saturated rings. The molecule has 5 nitrogen and oxygen atoms in total. The van der Waals surface area contributed by atoms with Crippen LogP contribution in [0.15, 0.2) is 48.8 Å². The molecule has 2 aromatic heterocycles. The zero-order valence-electron chi connectivity index (χ0n) is 12.5. The standard InChI is InChI=1S/C17H17N3O2/c1-12-7-8-20-11-13(18-16(20)9-12)10-17(21)19-14-5-3-4-6-15(14)22-2/h3-9,11H,10H2,1-2H3,(H,19,21). The highest BCUT2D eigenvalue weighted by molar-refractivity contribution is 5.93. The van der Waals surface area contributed by atoms with Crippen molar-refractivity contribution in [3.8, 4) is 5.75 Å². The third-order valence-corrected chi connectivity index (χ3v) is 3.39. The smallest absolute Gasteiger partial charge is 0.230 e. The zero-order chi connectivity index (χ0) is 15.5. The van der Waals surface area contributed by atoms with Crippen LogP contribution in [-0.4, -0.2) is 22.4 Å². The molecule has 0 bridgehead atoms. The summed E-state index contributed by atoms with van der Waals surface area (Å²) in [6, 6.07) is 11.3. The zero-order valence-corrected chi connectivity index (χ0v) is 12.5. The number of para-hydroxylation sites is 2. The molecule has 112 valence electrons. The fraction of sp³-hybridized carbons (Fsp3) is 0.176. The number of pyridine rings is 1. The summed E-state index contributed by atoms with van der Waals surface area (Å²) >= 11 is 0. The molecule has 1 aromatic carbocycles. The van der Waals surface area contributed by atoms with Crippen molar-refractivity contribution in [3.05, 3.63) is 60.0 Å². The summed E-state index contributed by atoms with van der Waals surface area (Å²) in [6.07, 6.45) is 4.04. The van der Waals surface area contributed by atoms with Crippen LogP contribution in [0.5, 0.6) is 5.75 Å². The number of amides is 1. The second kappa shape index (κ2) is 5.89. The Morgan fingerprint density at radius 1 is 1.32 bits per heavy atom. The molecule has 0 radical (unpaired) electrons. The van der Waals surface area contributed by atoms with E-state index >= 15 is 0 Å². The summed E-state index contributed by atoms with van der Waals surface area (Å²) in [7, 11) is 1.58. The number of benzene rings is 1. The van der Waals surface area contributed by atoms with E-state index in [4.69, 9.17) is 4.74 Å². The van der Waals surface area contributed by atoms with E-state index in [1.165, 1.54) is 0 Å². The van der Waals surface area contributed by atoms with Gasteiger partial charge in [-0.3, -0.25) is 4.79 Å². The highest BCUT2D eigenvalue weighted by Crippen LogP contribution is 2.23. The van der Waals surface area contributed by atoms with Gasteiger partial charge >= 0.3 is 0 Å². The Morgan fingerprint density at radius 2 is 2.14 bits per heavy atom. The largest absolute Gasteiger partial charge is 0.495 e. The predicted molar refractivity (Wildman–Crippen MR) is 85.3 cm³/mol. The van der Waals surface area contributed by atoms with E-state index in [1.54, 1.807) is 7.11 Å². The van der Waals surface area contributed by atoms with Gasteiger partial charge in [-0.15, -0.1) is 0 Å². The van der Waals surface area contributed by atoms with E-state index < -0.39 is 0 Å². The normalized spacial score (nSPS) is 10.6. The van der Waals surface area contributed by atoms with Gasteiger partial charge in [0.05, 0.1) is 24.9 Å². The molecule has 1 amide bonds. The Labute approximate surface area is 128 Å². The summed E-state index contributed by atoms with van der Waals surface area (Å²) in [5.41, 5.74) is 3.39. The fourth-order valence-corrected chi connectivity index (χ4v) is 2.33. The van der Waals surface area contributed by atoms with Crippen LogP contribution in [0.3, 0.4) is 0 Å². The molecule has 0 aliphatic heterocycles. The molecular weight excluding hydrogens is 278 g/mol. The SMILES string of the molecule is COc1ccccc1NC(=O)Cc1cn2ccc(C)cc2n1. The molecule has 0 spiro atoms. The van der Waals surface area contributed by atoms with Gasteiger partial charge in [0.2, 0.25) is 5.91 Å². The molecule has 22 heavy (non-hydrogen) atoms. The quantitative estimate of drug-likeness (QED) is 0.805.